The molecule has 1 fully saturated rings. The molecular formula is C38H50N4O3. The summed E-state index contributed by atoms with van der Waals surface area (Å²) < 4.78 is 0. The number of fused-ring (bicyclic) bond motifs is 1. The van der Waals surface area contributed by atoms with E-state index >= 15 is 0 Å². The van der Waals surface area contributed by atoms with E-state index in [4.69, 9.17) is 0 Å². The third-order valence-corrected chi connectivity index (χ3v) is 9.39. The van der Waals surface area contributed by atoms with Crippen molar-refractivity contribution in [3.63, 3.8) is 0 Å². The van der Waals surface area contributed by atoms with Crippen molar-refractivity contribution in [3.8, 4) is 0 Å². The number of nitrogens with one attached hydrogen (secondary N) is 1. The maximum absolute atomic E-state index is 14.0. The van der Waals surface area contributed by atoms with E-state index in [2.05, 4.69) is 69.5 Å². The fourth-order valence-corrected chi connectivity index (χ4v) is 7.16. The molecule has 3 aromatic rings. The van der Waals surface area contributed by atoms with Crippen LogP contribution >= 0.6 is 0 Å². The first-order chi connectivity index (χ1) is 21.6. The highest BCUT2D eigenvalue weighted by atomic mass is 16.3. The number of aliphatic hydroxyl groups excluding tert-OH is 1. The molecule has 2 aliphatic rings. The summed E-state index contributed by atoms with van der Waals surface area (Å²) in [4.78, 5) is 36.3. The molecule has 5 rings (SSSR count). The molecule has 2 N–H and O–H groups in total. The van der Waals surface area contributed by atoms with Crippen LogP contribution in [0.15, 0.2) is 79.1 Å². The smallest absolute Gasteiger partial charge is 0.239 e. The van der Waals surface area contributed by atoms with Crippen LogP contribution in [0.25, 0.3) is 0 Å². The number of benzene rings is 2. The van der Waals surface area contributed by atoms with E-state index in [0.29, 0.717) is 44.8 Å². The van der Waals surface area contributed by atoms with Gasteiger partial charge >= 0.3 is 0 Å². The van der Waals surface area contributed by atoms with Crippen molar-refractivity contribution in [2.75, 3.05) is 26.2 Å². The minimum Gasteiger partial charge on any atom is -0.392 e. The fraction of sp³-hybridized carbons (Fsp3) is 0.500. The average Bonchev–Trinajstić information content (AvgIpc) is 3.32. The predicted octanol–water partition coefficient (Wildman–Crippen LogP) is 5.03. The Morgan fingerprint density at radius 1 is 1.00 bits per heavy atom. The Labute approximate surface area is 269 Å². The van der Waals surface area contributed by atoms with Crippen LogP contribution in [-0.2, 0) is 29.0 Å². The van der Waals surface area contributed by atoms with Crippen molar-refractivity contribution in [1.82, 2.24) is 20.1 Å². The van der Waals surface area contributed by atoms with E-state index in [0.717, 1.165) is 30.6 Å². The lowest BCUT2D eigenvalue weighted by Gasteiger charge is -2.42. The summed E-state index contributed by atoms with van der Waals surface area (Å²) in [7, 11) is 0. The van der Waals surface area contributed by atoms with Crippen molar-refractivity contribution >= 4 is 11.7 Å². The molecule has 1 aliphatic heterocycles. The number of nitrogens with zero attached hydrogens (tertiary/aromatic N) is 3. The average molecular weight is 611 g/mol. The van der Waals surface area contributed by atoms with E-state index in [1.807, 2.05) is 51.2 Å². The second-order valence-electron chi connectivity index (χ2n) is 14.3. The molecule has 2 aromatic carbocycles. The minimum atomic E-state index is -0.731. The second kappa shape index (κ2) is 14.8. The molecule has 5 unspecified atom stereocenters. The first-order valence-electron chi connectivity index (χ1n) is 16.6. The molecule has 240 valence electrons. The molecule has 0 bridgehead atoms. The standard InChI is InChI=1S/C38H50N4O3/c1-27-19-30-14-8-9-15-33(30)34(27)22-36(44)31(20-28-11-6-5-7-12-28)21-32(43)25-42-18-17-41(24-29-13-10-16-39-23-29)26-35(42)37(45)40-38(2,3)4/h5-16,23,27,31-32,34-35,43H,17-22,24-26H2,1-4H3,(H,40,45). The van der Waals surface area contributed by atoms with Crippen LogP contribution in [0.1, 0.15) is 68.7 Å². The molecule has 7 nitrogen and oxygen atoms in total. The molecule has 7 heteroatoms. The molecule has 5 atom stereocenters. The highest BCUT2D eigenvalue weighted by Crippen LogP contribution is 2.41. The topological polar surface area (TPSA) is 85.8 Å². The molecule has 2 heterocycles. The predicted molar refractivity (Wildman–Crippen MR) is 179 cm³/mol. The maximum Gasteiger partial charge on any atom is 0.239 e. The van der Waals surface area contributed by atoms with Crippen LogP contribution < -0.4 is 5.32 Å². The summed E-state index contributed by atoms with van der Waals surface area (Å²) in [5.74, 6) is 0.517. The Balaban J connectivity index is 1.29. The summed E-state index contributed by atoms with van der Waals surface area (Å²) in [6, 6.07) is 22.2. The zero-order valence-corrected chi connectivity index (χ0v) is 27.4. The lowest BCUT2D eigenvalue weighted by atomic mass is 9.82. The molecule has 1 aliphatic carbocycles. The van der Waals surface area contributed by atoms with Gasteiger partial charge in [0.25, 0.3) is 0 Å². The van der Waals surface area contributed by atoms with Crippen molar-refractivity contribution < 1.29 is 14.7 Å². The summed E-state index contributed by atoms with van der Waals surface area (Å²) in [5.41, 5.74) is 4.51. The van der Waals surface area contributed by atoms with Crippen LogP contribution in [0, 0.1) is 11.8 Å². The van der Waals surface area contributed by atoms with E-state index in [9.17, 15) is 14.7 Å². The largest absolute Gasteiger partial charge is 0.392 e. The van der Waals surface area contributed by atoms with Gasteiger partial charge in [0, 0.05) is 63.0 Å². The van der Waals surface area contributed by atoms with Crippen LogP contribution in [0.5, 0.6) is 0 Å². The highest BCUT2D eigenvalue weighted by Gasteiger charge is 2.37. The Kier molecular flexibility index (Phi) is 10.9. The number of amides is 1. The fourth-order valence-electron chi connectivity index (χ4n) is 7.16. The van der Waals surface area contributed by atoms with Crippen LogP contribution in [0.3, 0.4) is 0 Å². The van der Waals surface area contributed by atoms with Gasteiger partial charge in [-0.25, -0.2) is 0 Å². The SMILES string of the molecule is CC1Cc2ccccc2C1CC(=O)C(Cc1ccccc1)CC(O)CN1CCN(Cc2cccnc2)CC1C(=O)NC(C)(C)C. The number of hydrogen-bond donors (Lipinski definition) is 2. The molecule has 45 heavy (non-hydrogen) atoms. The molecular weight excluding hydrogens is 560 g/mol. The maximum atomic E-state index is 14.0. The third kappa shape index (κ3) is 9.09. The first kappa shape index (κ1) is 33.0. The zero-order valence-electron chi connectivity index (χ0n) is 27.4. The Hall–Kier alpha value is -3.39. The number of β-amino-alcohol motifs (C(OH)–C–C–N with tert-alkyl or cyclic N) is 1. The first-order valence-corrected chi connectivity index (χ1v) is 16.6. The molecule has 1 amide bonds. The number of Topliss-reactive ketones (excluding diaryl/α,β-unsaturated/α-hetero) is 1. The lowest BCUT2D eigenvalue weighted by Crippen LogP contribution is -2.61. The van der Waals surface area contributed by atoms with Crippen molar-refractivity contribution in [2.45, 2.75) is 83.5 Å². The molecule has 0 radical (unpaired) electrons. The van der Waals surface area contributed by atoms with E-state index in [-0.39, 0.29) is 29.1 Å². The van der Waals surface area contributed by atoms with Gasteiger partial charge in [0.1, 0.15) is 11.8 Å². The molecule has 0 saturated carbocycles. The number of aliphatic hydroxyl groups is 1. The van der Waals surface area contributed by atoms with Gasteiger partial charge < -0.3 is 10.4 Å². The number of carbonyl (C=O) groups excluding carboxylic acids is 2. The highest BCUT2D eigenvalue weighted by molar-refractivity contribution is 5.83. The van der Waals surface area contributed by atoms with E-state index in [1.54, 1.807) is 6.20 Å². The number of ketones is 1. The minimum absolute atomic E-state index is 0.0311. The van der Waals surface area contributed by atoms with Crippen LogP contribution in [0.4, 0.5) is 0 Å². The third-order valence-electron chi connectivity index (χ3n) is 9.39. The molecule has 0 spiro atoms. The van der Waals surface area contributed by atoms with Crippen molar-refractivity contribution in [1.29, 1.82) is 0 Å². The van der Waals surface area contributed by atoms with Gasteiger partial charge in [0.2, 0.25) is 5.91 Å². The van der Waals surface area contributed by atoms with Gasteiger partial charge in [0.15, 0.2) is 0 Å². The van der Waals surface area contributed by atoms with E-state index < -0.39 is 12.1 Å². The van der Waals surface area contributed by atoms with Crippen molar-refractivity contribution in [2.24, 2.45) is 11.8 Å². The Bertz CT molecular complexity index is 1410. The number of hydrogen-bond acceptors (Lipinski definition) is 6. The monoisotopic (exact) mass is 610 g/mol. The quantitative estimate of drug-likeness (QED) is 0.299. The van der Waals surface area contributed by atoms with Gasteiger partial charge in [-0.15, -0.1) is 0 Å². The van der Waals surface area contributed by atoms with E-state index in [1.165, 1.54) is 11.1 Å². The Morgan fingerprint density at radius 3 is 2.47 bits per heavy atom. The molecule has 1 saturated heterocycles. The van der Waals surface area contributed by atoms with Crippen LogP contribution in [0.2, 0.25) is 0 Å². The number of pyridine rings is 1. The Morgan fingerprint density at radius 2 is 1.73 bits per heavy atom. The van der Waals surface area contributed by atoms with Gasteiger partial charge in [-0.2, -0.15) is 0 Å². The van der Waals surface area contributed by atoms with Gasteiger partial charge in [-0.1, -0.05) is 67.6 Å². The number of rotatable bonds is 12. The lowest BCUT2D eigenvalue weighted by molar-refractivity contribution is -0.132. The van der Waals surface area contributed by atoms with Gasteiger partial charge in [-0.3, -0.25) is 24.4 Å². The van der Waals surface area contributed by atoms with Crippen LogP contribution in [-0.4, -0.2) is 75.4 Å². The summed E-state index contributed by atoms with van der Waals surface area (Å²) in [6.45, 7) is 11.3. The second-order valence-corrected chi connectivity index (χ2v) is 14.3. The molecule has 1 aromatic heterocycles. The summed E-state index contributed by atoms with van der Waals surface area (Å²) in [6.07, 6.45) is 5.38. The van der Waals surface area contributed by atoms with Gasteiger partial charge in [-0.05, 0) is 80.2 Å². The normalized spacial score (nSPS) is 22.0. The van der Waals surface area contributed by atoms with Crippen molar-refractivity contribution in [3.05, 3.63) is 101 Å². The summed E-state index contributed by atoms with van der Waals surface area (Å²) >= 11 is 0. The van der Waals surface area contributed by atoms with Gasteiger partial charge in [0.05, 0.1) is 6.10 Å². The summed E-state index contributed by atoms with van der Waals surface area (Å²) in [5, 5.41) is 14.7. The zero-order chi connectivity index (χ0) is 32.0. The number of piperazine rings is 1. The number of aromatic nitrogens is 1. The number of carbonyl (C=O) groups is 2.